The fraction of sp³-hybridized carbons (Fsp3) is 0.333. The summed E-state index contributed by atoms with van der Waals surface area (Å²) in [7, 11) is 0. The number of amides is 2. The first-order valence-corrected chi connectivity index (χ1v) is 9.53. The van der Waals surface area contributed by atoms with Crippen LogP contribution in [0.3, 0.4) is 0 Å². The summed E-state index contributed by atoms with van der Waals surface area (Å²) in [4.78, 5) is 25.9. The molecular formula is C21H22F3N3O3. The number of halogens is 3. The minimum atomic E-state index is -4.53. The molecule has 1 fully saturated rings. The molecule has 2 N–H and O–H groups in total. The number of alkyl halides is 3. The lowest BCUT2D eigenvalue weighted by molar-refractivity contribution is -0.137. The molecule has 0 bridgehead atoms. The van der Waals surface area contributed by atoms with Crippen LogP contribution in [0.15, 0.2) is 48.5 Å². The molecule has 2 aromatic carbocycles. The number of hydrogen-bond donors (Lipinski definition) is 2. The minimum Gasteiger partial charge on any atom is -0.445 e. The Hall–Kier alpha value is -3.23. The van der Waals surface area contributed by atoms with Gasteiger partial charge in [0.25, 0.3) is 0 Å². The summed E-state index contributed by atoms with van der Waals surface area (Å²) in [6.07, 6.45) is -3.45. The maximum Gasteiger partial charge on any atom is 0.416 e. The van der Waals surface area contributed by atoms with Crippen molar-refractivity contribution in [2.24, 2.45) is 0 Å². The van der Waals surface area contributed by atoms with Gasteiger partial charge in [-0.25, -0.2) is 4.79 Å². The second-order valence-corrected chi connectivity index (χ2v) is 6.89. The molecule has 0 aliphatic carbocycles. The molecule has 30 heavy (non-hydrogen) atoms. The third-order valence-corrected chi connectivity index (χ3v) is 4.65. The minimum absolute atomic E-state index is 0.0427. The second kappa shape index (κ2) is 9.51. The number of benzene rings is 2. The summed E-state index contributed by atoms with van der Waals surface area (Å²) >= 11 is 0. The molecule has 0 spiro atoms. The molecule has 1 saturated heterocycles. The zero-order valence-electron chi connectivity index (χ0n) is 16.2. The van der Waals surface area contributed by atoms with Crippen LogP contribution in [-0.2, 0) is 22.3 Å². The van der Waals surface area contributed by atoms with Crippen LogP contribution in [0.5, 0.6) is 0 Å². The summed E-state index contributed by atoms with van der Waals surface area (Å²) in [6.45, 7) is 1.03. The van der Waals surface area contributed by atoms with E-state index in [0.717, 1.165) is 30.5 Å². The van der Waals surface area contributed by atoms with Crippen LogP contribution in [0.4, 0.5) is 29.3 Å². The monoisotopic (exact) mass is 421 g/mol. The normalized spacial score (nSPS) is 13.8. The third kappa shape index (κ3) is 5.88. The van der Waals surface area contributed by atoms with Crippen LogP contribution in [-0.4, -0.2) is 31.6 Å². The number of nitrogens with zero attached hydrogens (tertiary/aromatic N) is 1. The highest BCUT2D eigenvalue weighted by Crippen LogP contribution is 2.36. The summed E-state index contributed by atoms with van der Waals surface area (Å²) in [6, 6.07) is 12.3. The molecule has 160 valence electrons. The smallest absolute Gasteiger partial charge is 0.416 e. The second-order valence-electron chi connectivity index (χ2n) is 6.89. The van der Waals surface area contributed by atoms with Gasteiger partial charge in [-0.3, -0.25) is 4.79 Å². The van der Waals surface area contributed by atoms with Crippen LogP contribution in [0.25, 0.3) is 0 Å². The van der Waals surface area contributed by atoms with Crippen molar-refractivity contribution < 1.29 is 27.5 Å². The number of alkyl carbamates (subject to hydrolysis) is 1. The molecule has 9 heteroatoms. The van der Waals surface area contributed by atoms with Gasteiger partial charge in [0, 0.05) is 13.1 Å². The van der Waals surface area contributed by atoms with Gasteiger partial charge in [0.15, 0.2) is 0 Å². The maximum atomic E-state index is 13.1. The van der Waals surface area contributed by atoms with Crippen molar-refractivity contribution in [3.8, 4) is 0 Å². The number of anilines is 2. The first-order chi connectivity index (χ1) is 14.3. The fourth-order valence-corrected chi connectivity index (χ4v) is 3.17. The highest BCUT2D eigenvalue weighted by molar-refractivity contribution is 5.97. The average Bonchev–Trinajstić information content (AvgIpc) is 3.25. The molecule has 2 aromatic rings. The first kappa shape index (κ1) is 21.5. The predicted molar refractivity (Wildman–Crippen MR) is 106 cm³/mol. The molecule has 1 aliphatic heterocycles. The van der Waals surface area contributed by atoms with E-state index in [0.29, 0.717) is 18.8 Å². The van der Waals surface area contributed by atoms with Gasteiger partial charge in [-0.15, -0.1) is 0 Å². The highest BCUT2D eigenvalue weighted by Gasteiger charge is 2.32. The molecule has 3 rings (SSSR count). The van der Waals surface area contributed by atoms with E-state index >= 15 is 0 Å². The van der Waals surface area contributed by atoms with E-state index in [9.17, 15) is 22.8 Å². The third-order valence-electron chi connectivity index (χ3n) is 4.65. The molecule has 0 aromatic heterocycles. The summed E-state index contributed by atoms with van der Waals surface area (Å²) in [5.74, 6) is -0.647. The first-order valence-electron chi connectivity index (χ1n) is 9.53. The van der Waals surface area contributed by atoms with Crippen LogP contribution in [0, 0.1) is 0 Å². The number of ether oxygens (including phenoxy) is 1. The van der Waals surface area contributed by atoms with Crippen molar-refractivity contribution in [1.29, 1.82) is 0 Å². The van der Waals surface area contributed by atoms with E-state index in [1.165, 1.54) is 6.07 Å². The largest absolute Gasteiger partial charge is 0.445 e. The SMILES string of the molecule is O=C(CNC(=O)OCc1ccccc1)Nc1cc(C(F)(F)F)ccc1N1CCCC1. The van der Waals surface area contributed by atoms with Gasteiger partial charge in [0.1, 0.15) is 13.2 Å². The summed E-state index contributed by atoms with van der Waals surface area (Å²) < 4.78 is 44.3. The van der Waals surface area contributed by atoms with Gasteiger partial charge < -0.3 is 20.3 Å². The number of rotatable bonds is 6. The Morgan fingerprint density at radius 2 is 1.73 bits per heavy atom. The lowest BCUT2D eigenvalue weighted by Gasteiger charge is -2.23. The Morgan fingerprint density at radius 3 is 2.40 bits per heavy atom. The molecule has 0 atom stereocenters. The Kier molecular flexibility index (Phi) is 6.81. The van der Waals surface area contributed by atoms with Crippen molar-refractivity contribution in [3.05, 3.63) is 59.7 Å². The van der Waals surface area contributed by atoms with Crippen LogP contribution in [0.2, 0.25) is 0 Å². The van der Waals surface area contributed by atoms with E-state index in [4.69, 9.17) is 4.74 Å². The van der Waals surface area contributed by atoms with E-state index in [2.05, 4.69) is 10.6 Å². The zero-order chi connectivity index (χ0) is 21.6. The molecule has 0 saturated carbocycles. The molecule has 6 nitrogen and oxygen atoms in total. The van der Waals surface area contributed by atoms with Crippen LogP contribution >= 0.6 is 0 Å². The molecule has 0 radical (unpaired) electrons. The number of carbonyl (C=O) groups excluding carboxylic acids is 2. The standard InChI is InChI=1S/C21H22F3N3O3/c22-21(23,24)16-8-9-18(27-10-4-5-11-27)17(12-16)26-19(28)13-25-20(29)30-14-15-6-2-1-3-7-15/h1-3,6-9,12H,4-5,10-11,13-14H2,(H,25,29)(H,26,28). The van der Waals surface area contributed by atoms with E-state index in [1.54, 1.807) is 24.3 Å². The highest BCUT2D eigenvalue weighted by atomic mass is 19.4. The molecule has 1 aliphatic rings. The molecule has 1 heterocycles. The number of nitrogens with one attached hydrogen (secondary N) is 2. The predicted octanol–water partition coefficient (Wildman–Crippen LogP) is 4.17. The molecule has 2 amide bonds. The zero-order valence-corrected chi connectivity index (χ0v) is 16.2. The van der Waals surface area contributed by atoms with Crippen molar-refractivity contribution in [2.45, 2.75) is 25.6 Å². The lowest BCUT2D eigenvalue weighted by atomic mass is 10.1. The van der Waals surface area contributed by atoms with Crippen molar-refractivity contribution in [3.63, 3.8) is 0 Å². The quantitative estimate of drug-likeness (QED) is 0.735. The van der Waals surface area contributed by atoms with Crippen molar-refractivity contribution in [1.82, 2.24) is 5.32 Å². The Morgan fingerprint density at radius 1 is 1.03 bits per heavy atom. The van der Waals surface area contributed by atoms with E-state index in [1.807, 2.05) is 11.0 Å². The van der Waals surface area contributed by atoms with Crippen molar-refractivity contribution in [2.75, 3.05) is 29.9 Å². The summed E-state index contributed by atoms with van der Waals surface area (Å²) in [5, 5.41) is 4.78. The number of carbonyl (C=O) groups is 2. The Labute approximate surface area is 172 Å². The maximum absolute atomic E-state index is 13.1. The fourth-order valence-electron chi connectivity index (χ4n) is 3.17. The van der Waals surface area contributed by atoms with Crippen molar-refractivity contribution >= 4 is 23.4 Å². The van der Waals surface area contributed by atoms with Gasteiger partial charge in [-0.2, -0.15) is 13.2 Å². The van der Waals surface area contributed by atoms with E-state index < -0.39 is 30.3 Å². The van der Waals surface area contributed by atoms with Crippen LogP contribution < -0.4 is 15.5 Å². The van der Waals surface area contributed by atoms with Gasteiger partial charge in [-0.05, 0) is 36.6 Å². The number of hydrogen-bond acceptors (Lipinski definition) is 4. The summed E-state index contributed by atoms with van der Waals surface area (Å²) in [5.41, 5.74) is 0.531. The average molecular weight is 421 g/mol. The Bertz CT molecular complexity index is 882. The lowest BCUT2D eigenvalue weighted by Crippen LogP contribution is -2.33. The van der Waals surface area contributed by atoms with E-state index in [-0.39, 0.29) is 12.3 Å². The molecular weight excluding hydrogens is 399 g/mol. The van der Waals surface area contributed by atoms with Gasteiger partial charge in [0.2, 0.25) is 5.91 Å². The topological polar surface area (TPSA) is 70.7 Å². The van der Waals surface area contributed by atoms with Crippen LogP contribution in [0.1, 0.15) is 24.0 Å². The van der Waals surface area contributed by atoms with Gasteiger partial charge in [0.05, 0.1) is 16.9 Å². The van der Waals surface area contributed by atoms with Gasteiger partial charge >= 0.3 is 12.3 Å². The Balaban J connectivity index is 1.59. The molecule has 0 unspecified atom stereocenters. The van der Waals surface area contributed by atoms with Gasteiger partial charge in [-0.1, -0.05) is 30.3 Å².